The van der Waals surface area contributed by atoms with Crippen molar-refractivity contribution in [2.45, 2.75) is 30.7 Å². The van der Waals surface area contributed by atoms with E-state index in [0.29, 0.717) is 24.1 Å². The molecule has 106 valence electrons. The lowest BCUT2D eigenvalue weighted by Gasteiger charge is -2.11. The average molecular weight is 288 g/mol. The number of nitrogens with two attached hydrogens (primary N) is 1. The molecule has 20 heavy (non-hydrogen) atoms. The van der Waals surface area contributed by atoms with E-state index in [1.807, 2.05) is 18.2 Å². The fraction of sp³-hybridized carbons (Fsp3) is 0.312. The van der Waals surface area contributed by atoms with Gasteiger partial charge in [-0.1, -0.05) is 43.3 Å². The highest BCUT2D eigenvalue weighted by atomic mass is 32.2. The van der Waals surface area contributed by atoms with Crippen LogP contribution in [0.4, 0.5) is 5.69 Å². The molecule has 1 aromatic carbocycles. The minimum Gasteiger partial charge on any atom is -0.476 e. The van der Waals surface area contributed by atoms with E-state index in [2.05, 4.69) is 44.0 Å². The summed E-state index contributed by atoms with van der Waals surface area (Å²) in [6.07, 6.45) is 0. The fourth-order valence-electron chi connectivity index (χ4n) is 1.65. The van der Waals surface area contributed by atoms with Gasteiger partial charge in [-0.2, -0.15) is 0 Å². The van der Waals surface area contributed by atoms with E-state index in [9.17, 15) is 0 Å². The molecule has 3 nitrogen and oxygen atoms in total. The number of aromatic nitrogens is 1. The number of benzene rings is 1. The monoisotopic (exact) mass is 288 g/mol. The van der Waals surface area contributed by atoms with Gasteiger partial charge in [0.2, 0.25) is 5.88 Å². The van der Waals surface area contributed by atoms with E-state index in [1.54, 1.807) is 11.8 Å². The van der Waals surface area contributed by atoms with Crippen molar-refractivity contribution in [2.24, 2.45) is 5.92 Å². The van der Waals surface area contributed by atoms with Crippen molar-refractivity contribution < 1.29 is 4.74 Å². The zero-order valence-electron chi connectivity index (χ0n) is 12.1. The van der Waals surface area contributed by atoms with Gasteiger partial charge in [0.1, 0.15) is 5.03 Å². The highest BCUT2D eigenvalue weighted by Gasteiger charge is 2.07. The maximum absolute atomic E-state index is 5.90. The third-order valence-electron chi connectivity index (χ3n) is 2.63. The number of nitrogen functional groups attached to an aromatic ring is 1. The molecule has 0 bridgehead atoms. The number of nitrogens with zero attached hydrogens (tertiary/aromatic N) is 1. The van der Waals surface area contributed by atoms with Crippen LogP contribution in [0.25, 0.3) is 0 Å². The van der Waals surface area contributed by atoms with Crippen LogP contribution >= 0.6 is 11.8 Å². The molecule has 4 heteroatoms. The molecule has 0 amide bonds. The van der Waals surface area contributed by atoms with Crippen molar-refractivity contribution in [3.63, 3.8) is 0 Å². The standard InChI is InChI=1S/C16H20N2OS/c1-11(2)10-19-16-14(17)7-8-15(18-16)20-13-6-4-5-12(3)9-13/h4-9,11H,10,17H2,1-3H3. The summed E-state index contributed by atoms with van der Waals surface area (Å²) in [5.74, 6) is 0.973. The molecule has 1 aromatic heterocycles. The first kappa shape index (κ1) is 14.7. The van der Waals surface area contributed by atoms with Gasteiger partial charge in [0.05, 0.1) is 12.3 Å². The van der Waals surface area contributed by atoms with E-state index in [4.69, 9.17) is 10.5 Å². The van der Waals surface area contributed by atoms with Gasteiger partial charge < -0.3 is 10.5 Å². The highest BCUT2D eigenvalue weighted by molar-refractivity contribution is 7.99. The Labute approximate surface area is 124 Å². The molecule has 0 saturated heterocycles. The molecule has 0 aliphatic carbocycles. The molecule has 0 spiro atoms. The second-order valence-electron chi connectivity index (χ2n) is 5.17. The Bertz CT molecular complexity index is 584. The third-order valence-corrected chi connectivity index (χ3v) is 3.56. The van der Waals surface area contributed by atoms with Gasteiger partial charge in [-0.25, -0.2) is 4.98 Å². The first-order valence-electron chi connectivity index (χ1n) is 6.68. The quantitative estimate of drug-likeness (QED) is 0.897. The van der Waals surface area contributed by atoms with E-state index in [0.717, 1.165) is 9.92 Å². The molecule has 0 saturated carbocycles. The van der Waals surface area contributed by atoms with E-state index in [1.165, 1.54) is 5.56 Å². The third kappa shape index (κ3) is 4.17. The molecule has 1 heterocycles. The summed E-state index contributed by atoms with van der Waals surface area (Å²) in [5, 5.41) is 0.892. The molecule has 2 aromatic rings. The molecular weight excluding hydrogens is 268 g/mol. The lowest BCUT2D eigenvalue weighted by molar-refractivity contribution is 0.261. The Kier molecular flexibility index (Phi) is 4.90. The predicted molar refractivity (Wildman–Crippen MR) is 84.3 cm³/mol. The Balaban J connectivity index is 2.14. The molecular formula is C16H20N2OS. The smallest absolute Gasteiger partial charge is 0.238 e. The van der Waals surface area contributed by atoms with Crippen LogP contribution in [-0.2, 0) is 0 Å². The second-order valence-corrected chi connectivity index (χ2v) is 6.26. The van der Waals surface area contributed by atoms with E-state index >= 15 is 0 Å². The number of pyridine rings is 1. The van der Waals surface area contributed by atoms with Crippen LogP contribution in [-0.4, -0.2) is 11.6 Å². The van der Waals surface area contributed by atoms with Gasteiger partial charge in [-0.3, -0.25) is 0 Å². The van der Waals surface area contributed by atoms with Crippen molar-refractivity contribution >= 4 is 17.4 Å². The van der Waals surface area contributed by atoms with Crippen molar-refractivity contribution in [3.8, 4) is 5.88 Å². The van der Waals surface area contributed by atoms with Crippen molar-refractivity contribution in [2.75, 3.05) is 12.3 Å². The number of hydrogen-bond acceptors (Lipinski definition) is 4. The molecule has 0 atom stereocenters. The largest absolute Gasteiger partial charge is 0.476 e. The lowest BCUT2D eigenvalue weighted by atomic mass is 10.2. The first-order chi connectivity index (χ1) is 9.54. The number of ether oxygens (including phenoxy) is 1. The summed E-state index contributed by atoms with van der Waals surface area (Å²) in [6, 6.07) is 12.1. The molecule has 2 rings (SSSR count). The lowest BCUT2D eigenvalue weighted by Crippen LogP contribution is -2.07. The number of hydrogen-bond donors (Lipinski definition) is 1. The molecule has 0 fully saturated rings. The minimum absolute atomic E-state index is 0.448. The van der Waals surface area contributed by atoms with Crippen LogP contribution in [0.2, 0.25) is 0 Å². The molecule has 0 aliphatic heterocycles. The summed E-state index contributed by atoms with van der Waals surface area (Å²) in [4.78, 5) is 5.65. The van der Waals surface area contributed by atoms with Crippen LogP contribution in [0, 0.1) is 12.8 Å². The number of rotatable bonds is 5. The van der Waals surface area contributed by atoms with Gasteiger partial charge in [0.15, 0.2) is 0 Å². The van der Waals surface area contributed by atoms with Crippen molar-refractivity contribution in [1.29, 1.82) is 0 Å². The van der Waals surface area contributed by atoms with Crippen molar-refractivity contribution in [1.82, 2.24) is 4.98 Å². The Hall–Kier alpha value is -1.68. The maximum atomic E-state index is 5.90. The summed E-state index contributed by atoms with van der Waals surface area (Å²) < 4.78 is 5.65. The highest BCUT2D eigenvalue weighted by Crippen LogP contribution is 2.30. The van der Waals surface area contributed by atoms with Crippen molar-refractivity contribution in [3.05, 3.63) is 42.0 Å². The Morgan fingerprint density at radius 1 is 1.25 bits per heavy atom. The summed E-state index contributed by atoms with van der Waals surface area (Å²) in [6.45, 7) is 6.90. The first-order valence-corrected chi connectivity index (χ1v) is 7.50. The predicted octanol–water partition coefficient (Wildman–Crippen LogP) is 4.16. The molecule has 2 N–H and O–H groups in total. The minimum atomic E-state index is 0.448. The number of aryl methyl sites for hydroxylation is 1. The van der Waals surface area contributed by atoms with Gasteiger partial charge in [-0.05, 0) is 37.1 Å². The average Bonchev–Trinajstić information content (AvgIpc) is 2.39. The van der Waals surface area contributed by atoms with Crippen LogP contribution in [0.1, 0.15) is 19.4 Å². The van der Waals surface area contributed by atoms with Gasteiger partial charge >= 0.3 is 0 Å². The van der Waals surface area contributed by atoms with E-state index < -0.39 is 0 Å². The Morgan fingerprint density at radius 2 is 2.05 bits per heavy atom. The maximum Gasteiger partial charge on any atom is 0.238 e. The molecule has 0 aliphatic rings. The van der Waals surface area contributed by atoms with Crippen LogP contribution in [0.15, 0.2) is 46.3 Å². The van der Waals surface area contributed by atoms with E-state index in [-0.39, 0.29) is 0 Å². The zero-order chi connectivity index (χ0) is 14.5. The van der Waals surface area contributed by atoms with Crippen LogP contribution in [0.3, 0.4) is 0 Å². The summed E-state index contributed by atoms with van der Waals surface area (Å²) in [7, 11) is 0. The number of anilines is 1. The van der Waals surface area contributed by atoms with Gasteiger partial charge in [-0.15, -0.1) is 0 Å². The SMILES string of the molecule is Cc1cccc(Sc2ccc(N)c(OCC(C)C)n2)c1. The van der Waals surface area contributed by atoms with Crippen LogP contribution in [0.5, 0.6) is 5.88 Å². The summed E-state index contributed by atoms with van der Waals surface area (Å²) in [5.41, 5.74) is 7.72. The van der Waals surface area contributed by atoms with Crippen LogP contribution < -0.4 is 10.5 Å². The van der Waals surface area contributed by atoms with Gasteiger partial charge in [0.25, 0.3) is 0 Å². The topological polar surface area (TPSA) is 48.1 Å². The fourth-order valence-corrected chi connectivity index (χ4v) is 2.55. The summed E-state index contributed by atoms with van der Waals surface area (Å²) >= 11 is 1.61. The molecule has 0 unspecified atom stereocenters. The normalized spacial score (nSPS) is 10.8. The molecule has 0 radical (unpaired) electrons. The Morgan fingerprint density at radius 3 is 2.75 bits per heavy atom. The van der Waals surface area contributed by atoms with Gasteiger partial charge in [0, 0.05) is 4.90 Å². The zero-order valence-corrected chi connectivity index (χ0v) is 12.9. The second kappa shape index (κ2) is 6.66.